The minimum atomic E-state index is -0.216. The van der Waals surface area contributed by atoms with Crippen molar-refractivity contribution >= 4 is 22.5 Å². The van der Waals surface area contributed by atoms with Crippen LogP contribution in [0.25, 0.3) is 10.9 Å². The molecule has 1 aromatic heterocycles. The molecule has 0 saturated heterocycles. The summed E-state index contributed by atoms with van der Waals surface area (Å²) in [6.07, 6.45) is 3.51. The van der Waals surface area contributed by atoms with E-state index in [4.69, 9.17) is 0 Å². The van der Waals surface area contributed by atoms with Crippen LogP contribution >= 0.6 is 0 Å². The number of hydrogen-bond donors (Lipinski definition) is 2. The standard InChI is InChI=1S/C19H17N3O/c1-2-11-22-18(15-12-20-16-9-5-3-7-13(15)16)21-17-10-6-4-8-14(17)19(22)23/h2-10,12,18,20-21H,1,11H2. The number of nitrogens with one attached hydrogen (secondary N) is 2. The Kier molecular flexibility index (Phi) is 3.15. The van der Waals surface area contributed by atoms with Crippen LogP contribution in [0.4, 0.5) is 5.69 Å². The summed E-state index contributed by atoms with van der Waals surface area (Å²) in [5.74, 6) is 0.0227. The van der Waals surface area contributed by atoms with Crippen LogP contribution in [0.3, 0.4) is 0 Å². The molecule has 0 radical (unpaired) electrons. The summed E-state index contributed by atoms with van der Waals surface area (Å²) in [4.78, 5) is 18.0. The predicted octanol–water partition coefficient (Wildman–Crippen LogP) is 3.92. The second-order valence-electron chi connectivity index (χ2n) is 5.63. The number of fused-ring (bicyclic) bond motifs is 2. The average Bonchev–Trinajstić information content (AvgIpc) is 3.01. The van der Waals surface area contributed by atoms with Gasteiger partial charge in [0.15, 0.2) is 0 Å². The summed E-state index contributed by atoms with van der Waals surface area (Å²) in [5, 5.41) is 4.61. The molecule has 0 spiro atoms. The lowest BCUT2D eigenvalue weighted by molar-refractivity contribution is 0.0708. The topological polar surface area (TPSA) is 48.1 Å². The summed E-state index contributed by atoms with van der Waals surface area (Å²) in [6.45, 7) is 4.28. The molecule has 114 valence electrons. The lowest BCUT2D eigenvalue weighted by atomic mass is 10.0. The summed E-state index contributed by atoms with van der Waals surface area (Å²) < 4.78 is 0. The molecule has 0 saturated carbocycles. The van der Waals surface area contributed by atoms with Crippen LogP contribution in [0, 0.1) is 0 Å². The van der Waals surface area contributed by atoms with E-state index in [1.165, 1.54) is 0 Å². The lowest BCUT2D eigenvalue weighted by Crippen LogP contribution is -2.42. The third-order valence-corrected chi connectivity index (χ3v) is 4.26. The number of para-hydroxylation sites is 2. The van der Waals surface area contributed by atoms with E-state index in [2.05, 4.69) is 22.9 Å². The number of hydrogen-bond acceptors (Lipinski definition) is 2. The minimum absolute atomic E-state index is 0.0227. The normalized spacial score (nSPS) is 17.0. The van der Waals surface area contributed by atoms with Crippen molar-refractivity contribution in [2.75, 3.05) is 11.9 Å². The van der Waals surface area contributed by atoms with Crippen LogP contribution < -0.4 is 5.32 Å². The fraction of sp³-hybridized carbons (Fsp3) is 0.105. The second-order valence-corrected chi connectivity index (χ2v) is 5.63. The van der Waals surface area contributed by atoms with Gasteiger partial charge in [0.25, 0.3) is 5.91 Å². The van der Waals surface area contributed by atoms with E-state index in [0.29, 0.717) is 12.1 Å². The van der Waals surface area contributed by atoms with Crippen molar-refractivity contribution in [2.24, 2.45) is 0 Å². The maximum absolute atomic E-state index is 12.9. The number of carbonyl (C=O) groups excluding carboxylic acids is 1. The van der Waals surface area contributed by atoms with Crippen LogP contribution in [-0.4, -0.2) is 22.3 Å². The van der Waals surface area contributed by atoms with Gasteiger partial charge in [-0.1, -0.05) is 36.4 Å². The van der Waals surface area contributed by atoms with Gasteiger partial charge in [0.05, 0.1) is 5.56 Å². The SMILES string of the molecule is C=CCN1C(=O)c2ccccc2NC1c1c[nH]c2ccccc12. The Morgan fingerprint density at radius 3 is 2.78 bits per heavy atom. The molecular weight excluding hydrogens is 286 g/mol. The molecule has 1 atom stereocenters. The highest BCUT2D eigenvalue weighted by atomic mass is 16.2. The van der Waals surface area contributed by atoms with E-state index in [1.54, 1.807) is 6.08 Å². The first-order valence-corrected chi connectivity index (χ1v) is 7.63. The molecule has 1 aliphatic heterocycles. The number of aromatic nitrogens is 1. The Balaban J connectivity index is 1.86. The highest BCUT2D eigenvalue weighted by Crippen LogP contribution is 2.35. The van der Waals surface area contributed by atoms with Crippen LogP contribution in [0.1, 0.15) is 22.1 Å². The number of rotatable bonds is 3. The van der Waals surface area contributed by atoms with E-state index in [0.717, 1.165) is 22.2 Å². The number of carbonyl (C=O) groups is 1. The number of H-pyrrole nitrogens is 1. The van der Waals surface area contributed by atoms with Crippen LogP contribution in [0.15, 0.2) is 67.4 Å². The molecule has 1 aliphatic rings. The molecule has 0 fully saturated rings. The Morgan fingerprint density at radius 2 is 1.91 bits per heavy atom. The molecule has 0 aliphatic carbocycles. The Morgan fingerprint density at radius 1 is 1.13 bits per heavy atom. The Bertz CT molecular complexity index is 896. The summed E-state index contributed by atoms with van der Waals surface area (Å²) in [5.41, 5.74) is 3.69. The highest BCUT2D eigenvalue weighted by molar-refractivity contribution is 6.02. The minimum Gasteiger partial charge on any atom is -0.361 e. The number of benzene rings is 2. The molecule has 23 heavy (non-hydrogen) atoms. The molecule has 4 heteroatoms. The Labute approximate surface area is 134 Å². The van der Waals surface area contributed by atoms with E-state index < -0.39 is 0 Å². The monoisotopic (exact) mass is 303 g/mol. The molecule has 1 amide bonds. The van der Waals surface area contributed by atoms with E-state index in [-0.39, 0.29) is 12.1 Å². The van der Waals surface area contributed by atoms with Gasteiger partial charge in [0.1, 0.15) is 6.17 Å². The smallest absolute Gasteiger partial charge is 0.258 e. The first-order valence-electron chi connectivity index (χ1n) is 7.63. The van der Waals surface area contributed by atoms with Crippen molar-refractivity contribution in [1.29, 1.82) is 0 Å². The van der Waals surface area contributed by atoms with Gasteiger partial charge >= 0.3 is 0 Å². The van der Waals surface area contributed by atoms with Crippen molar-refractivity contribution in [1.82, 2.24) is 9.88 Å². The predicted molar refractivity (Wildman–Crippen MR) is 92.3 cm³/mol. The highest BCUT2D eigenvalue weighted by Gasteiger charge is 2.33. The molecule has 0 bridgehead atoms. The summed E-state index contributed by atoms with van der Waals surface area (Å²) in [7, 11) is 0. The molecule has 3 aromatic rings. The fourth-order valence-electron chi connectivity index (χ4n) is 3.19. The largest absolute Gasteiger partial charge is 0.361 e. The first-order chi connectivity index (χ1) is 11.3. The van der Waals surface area contributed by atoms with Gasteiger partial charge in [-0.05, 0) is 18.2 Å². The van der Waals surface area contributed by atoms with Crippen molar-refractivity contribution in [3.63, 3.8) is 0 Å². The lowest BCUT2D eigenvalue weighted by Gasteiger charge is -2.37. The number of nitrogens with zero attached hydrogens (tertiary/aromatic N) is 1. The van der Waals surface area contributed by atoms with Crippen molar-refractivity contribution < 1.29 is 4.79 Å². The van der Waals surface area contributed by atoms with Crippen LogP contribution in [0.5, 0.6) is 0 Å². The van der Waals surface area contributed by atoms with E-state index in [1.807, 2.05) is 53.6 Å². The number of aromatic amines is 1. The molecule has 2 heterocycles. The van der Waals surface area contributed by atoms with Crippen molar-refractivity contribution in [3.05, 3.63) is 78.5 Å². The van der Waals surface area contributed by atoms with Gasteiger partial charge in [0.2, 0.25) is 0 Å². The fourth-order valence-corrected chi connectivity index (χ4v) is 3.19. The molecule has 2 aromatic carbocycles. The zero-order valence-corrected chi connectivity index (χ0v) is 12.6. The van der Waals surface area contributed by atoms with Crippen molar-refractivity contribution in [3.8, 4) is 0 Å². The molecule has 1 unspecified atom stereocenters. The zero-order chi connectivity index (χ0) is 15.8. The Hall–Kier alpha value is -3.01. The van der Waals surface area contributed by atoms with Gasteiger partial charge in [-0.15, -0.1) is 6.58 Å². The molecule has 4 rings (SSSR count). The summed E-state index contributed by atoms with van der Waals surface area (Å²) >= 11 is 0. The van der Waals surface area contributed by atoms with Gasteiger partial charge < -0.3 is 15.2 Å². The van der Waals surface area contributed by atoms with Gasteiger partial charge in [-0.3, -0.25) is 4.79 Å². The van der Waals surface area contributed by atoms with Crippen LogP contribution in [-0.2, 0) is 0 Å². The van der Waals surface area contributed by atoms with Crippen LogP contribution in [0.2, 0.25) is 0 Å². The van der Waals surface area contributed by atoms with Gasteiger partial charge in [-0.25, -0.2) is 0 Å². The number of amides is 1. The quantitative estimate of drug-likeness (QED) is 0.720. The van der Waals surface area contributed by atoms with E-state index in [9.17, 15) is 4.79 Å². The molecule has 2 N–H and O–H groups in total. The van der Waals surface area contributed by atoms with Crippen molar-refractivity contribution in [2.45, 2.75) is 6.17 Å². The third kappa shape index (κ3) is 2.11. The second kappa shape index (κ2) is 5.32. The average molecular weight is 303 g/mol. The molecule has 4 nitrogen and oxygen atoms in total. The van der Waals surface area contributed by atoms with E-state index >= 15 is 0 Å². The first kappa shape index (κ1) is 13.6. The van der Waals surface area contributed by atoms with Gasteiger partial charge in [-0.2, -0.15) is 0 Å². The van der Waals surface area contributed by atoms with Gasteiger partial charge in [0, 0.05) is 34.9 Å². The number of anilines is 1. The maximum Gasteiger partial charge on any atom is 0.258 e. The third-order valence-electron chi connectivity index (χ3n) is 4.26. The maximum atomic E-state index is 12.9. The molecular formula is C19H17N3O. The zero-order valence-electron chi connectivity index (χ0n) is 12.6. The summed E-state index contributed by atoms with van der Waals surface area (Å²) in [6, 6.07) is 15.7.